The molecule has 2 unspecified atom stereocenters. The van der Waals surface area contributed by atoms with Crippen LogP contribution >= 0.6 is 0 Å². The van der Waals surface area contributed by atoms with Crippen molar-refractivity contribution in [1.82, 2.24) is 4.90 Å². The summed E-state index contributed by atoms with van der Waals surface area (Å²) in [7, 11) is 0. The predicted molar refractivity (Wildman–Crippen MR) is 88.7 cm³/mol. The van der Waals surface area contributed by atoms with Gasteiger partial charge in [0.2, 0.25) is 5.91 Å². The average molecular weight is 279 g/mol. The molecule has 0 aromatic rings. The van der Waals surface area contributed by atoms with Gasteiger partial charge in [-0.15, -0.1) is 6.58 Å². The number of hydrogen-bond donors (Lipinski definition) is 0. The van der Waals surface area contributed by atoms with E-state index in [1.165, 1.54) is 12.8 Å². The molecule has 116 valence electrons. The van der Waals surface area contributed by atoms with Crippen molar-refractivity contribution in [2.75, 3.05) is 13.1 Å². The number of rotatable bonds is 11. The average Bonchev–Trinajstić information content (AvgIpc) is 2.46. The molecule has 0 saturated carbocycles. The van der Waals surface area contributed by atoms with Crippen LogP contribution in [0.25, 0.3) is 0 Å². The van der Waals surface area contributed by atoms with Gasteiger partial charge in [-0.05, 0) is 31.1 Å². The van der Waals surface area contributed by atoms with Gasteiger partial charge >= 0.3 is 0 Å². The molecule has 2 nitrogen and oxygen atoms in total. The van der Waals surface area contributed by atoms with Crippen LogP contribution < -0.4 is 0 Å². The Morgan fingerprint density at radius 1 is 1.25 bits per heavy atom. The van der Waals surface area contributed by atoms with Gasteiger partial charge in [-0.25, -0.2) is 0 Å². The normalized spacial score (nSPS) is 14.2. The highest BCUT2D eigenvalue weighted by molar-refractivity contribution is 5.75. The summed E-state index contributed by atoms with van der Waals surface area (Å²) in [5.41, 5.74) is 0. The van der Waals surface area contributed by atoms with E-state index < -0.39 is 0 Å². The minimum Gasteiger partial charge on any atom is -0.339 e. The van der Waals surface area contributed by atoms with Crippen molar-refractivity contribution in [2.45, 2.75) is 59.8 Å². The Labute approximate surface area is 125 Å². The number of nitrogens with zero attached hydrogens (tertiary/aromatic N) is 1. The smallest absolute Gasteiger partial charge is 0.222 e. The van der Waals surface area contributed by atoms with Crippen molar-refractivity contribution in [3.8, 4) is 0 Å². The van der Waals surface area contributed by atoms with Gasteiger partial charge in [-0.3, -0.25) is 4.79 Å². The molecule has 0 heterocycles. The predicted octanol–water partition coefficient (Wildman–Crippen LogP) is 4.82. The third kappa shape index (κ3) is 7.52. The van der Waals surface area contributed by atoms with E-state index in [9.17, 15) is 4.79 Å². The van der Waals surface area contributed by atoms with Crippen LogP contribution in [0.15, 0.2) is 24.8 Å². The molecule has 0 saturated heterocycles. The van der Waals surface area contributed by atoms with Crippen molar-refractivity contribution < 1.29 is 4.79 Å². The summed E-state index contributed by atoms with van der Waals surface area (Å²) in [5, 5.41) is 0. The van der Waals surface area contributed by atoms with E-state index >= 15 is 0 Å². The first kappa shape index (κ1) is 18.9. The standard InChI is InChI=1S/C18H33NO/c1-6-10-11-12-13-17(8-3)16(5)15-19(14-7-2)18(20)9-4/h7,10-11,16-17H,2,6,8-9,12-15H2,1,3-5H3/b11-10-. The highest BCUT2D eigenvalue weighted by Gasteiger charge is 2.19. The highest BCUT2D eigenvalue weighted by Crippen LogP contribution is 2.22. The van der Waals surface area contributed by atoms with Gasteiger partial charge in [-0.2, -0.15) is 0 Å². The van der Waals surface area contributed by atoms with E-state index in [0.29, 0.717) is 24.8 Å². The monoisotopic (exact) mass is 279 g/mol. The van der Waals surface area contributed by atoms with E-state index in [-0.39, 0.29) is 5.91 Å². The fourth-order valence-corrected chi connectivity index (χ4v) is 2.64. The summed E-state index contributed by atoms with van der Waals surface area (Å²) in [4.78, 5) is 13.9. The lowest BCUT2D eigenvalue weighted by molar-refractivity contribution is -0.131. The van der Waals surface area contributed by atoms with Crippen molar-refractivity contribution in [3.63, 3.8) is 0 Å². The van der Waals surface area contributed by atoms with Gasteiger partial charge in [0.25, 0.3) is 0 Å². The molecule has 0 radical (unpaired) electrons. The van der Waals surface area contributed by atoms with Crippen molar-refractivity contribution in [3.05, 3.63) is 24.8 Å². The fourth-order valence-electron chi connectivity index (χ4n) is 2.64. The molecule has 0 spiro atoms. The summed E-state index contributed by atoms with van der Waals surface area (Å²) < 4.78 is 0. The van der Waals surface area contributed by atoms with Gasteiger partial charge in [0.1, 0.15) is 0 Å². The molecule has 0 aliphatic heterocycles. The third-order valence-corrected chi connectivity index (χ3v) is 3.95. The summed E-state index contributed by atoms with van der Waals surface area (Å²) in [5.74, 6) is 1.47. The topological polar surface area (TPSA) is 20.3 Å². The molecule has 1 amide bonds. The molecule has 0 aliphatic rings. The fraction of sp³-hybridized carbons (Fsp3) is 0.722. The van der Waals surface area contributed by atoms with E-state index in [4.69, 9.17) is 0 Å². The minimum absolute atomic E-state index is 0.234. The molecule has 2 atom stereocenters. The van der Waals surface area contributed by atoms with Crippen LogP contribution in [0.3, 0.4) is 0 Å². The number of hydrogen-bond acceptors (Lipinski definition) is 1. The van der Waals surface area contributed by atoms with E-state index in [2.05, 4.69) is 39.5 Å². The van der Waals surface area contributed by atoms with Gasteiger partial charge in [0.05, 0.1) is 0 Å². The van der Waals surface area contributed by atoms with Crippen LogP contribution in [-0.4, -0.2) is 23.9 Å². The third-order valence-electron chi connectivity index (χ3n) is 3.95. The van der Waals surface area contributed by atoms with Crippen LogP contribution in [-0.2, 0) is 4.79 Å². The van der Waals surface area contributed by atoms with Crippen molar-refractivity contribution >= 4 is 5.91 Å². The van der Waals surface area contributed by atoms with Crippen LogP contribution in [0, 0.1) is 11.8 Å². The molecule has 20 heavy (non-hydrogen) atoms. The maximum absolute atomic E-state index is 11.9. The van der Waals surface area contributed by atoms with Crippen LogP contribution in [0.1, 0.15) is 59.8 Å². The number of amides is 1. The van der Waals surface area contributed by atoms with Gasteiger partial charge in [0, 0.05) is 19.5 Å². The number of allylic oxidation sites excluding steroid dienone is 2. The molecule has 2 heteroatoms. The second kappa shape index (κ2) is 11.7. The first-order valence-electron chi connectivity index (χ1n) is 8.14. The van der Waals surface area contributed by atoms with E-state index in [1.807, 2.05) is 17.9 Å². The lowest BCUT2D eigenvalue weighted by atomic mass is 9.87. The Bertz CT molecular complexity index is 296. The van der Waals surface area contributed by atoms with Crippen LogP contribution in [0.4, 0.5) is 0 Å². The second-order valence-electron chi connectivity index (χ2n) is 5.54. The molecule has 0 fully saturated rings. The molecule has 0 aromatic heterocycles. The van der Waals surface area contributed by atoms with Crippen LogP contribution in [0.2, 0.25) is 0 Å². The molecule has 0 aliphatic carbocycles. The Hall–Kier alpha value is -1.05. The minimum atomic E-state index is 0.234. The van der Waals surface area contributed by atoms with Crippen molar-refractivity contribution in [1.29, 1.82) is 0 Å². The largest absolute Gasteiger partial charge is 0.339 e. The number of carbonyl (C=O) groups excluding carboxylic acids is 1. The summed E-state index contributed by atoms with van der Waals surface area (Å²) in [6, 6.07) is 0. The van der Waals surface area contributed by atoms with E-state index in [1.54, 1.807) is 0 Å². The zero-order valence-electron chi connectivity index (χ0n) is 13.9. The second-order valence-corrected chi connectivity index (χ2v) is 5.54. The molecule has 0 bridgehead atoms. The molecular formula is C18H33NO. The van der Waals surface area contributed by atoms with Gasteiger partial charge in [-0.1, -0.05) is 52.3 Å². The van der Waals surface area contributed by atoms with Gasteiger partial charge in [0.15, 0.2) is 0 Å². The lowest BCUT2D eigenvalue weighted by Crippen LogP contribution is -2.36. The molecule has 0 rings (SSSR count). The Morgan fingerprint density at radius 2 is 1.95 bits per heavy atom. The molecule has 0 aromatic carbocycles. The maximum Gasteiger partial charge on any atom is 0.222 e. The summed E-state index contributed by atoms with van der Waals surface area (Å²) in [6.45, 7) is 13.9. The molecule has 0 N–H and O–H groups in total. The summed E-state index contributed by atoms with van der Waals surface area (Å²) >= 11 is 0. The zero-order valence-corrected chi connectivity index (χ0v) is 13.9. The maximum atomic E-state index is 11.9. The molecular weight excluding hydrogens is 246 g/mol. The zero-order chi connectivity index (χ0) is 15.4. The highest BCUT2D eigenvalue weighted by atomic mass is 16.2. The lowest BCUT2D eigenvalue weighted by Gasteiger charge is -2.29. The first-order valence-corrected chi connectivity index (χ1v) is 8.14. The Kier molecular flexibility index (Phi) is 11.1. The van der Waals surface area contributed by atoms with Crippen molar-refractivity contribution in [2.24, 2.45) is 11.8 Å². The van der Waals surface area contributed by atoms with Gasteiger partial charge < -0.3 is 4.90 Å². The first-order chi connectivity index (χ1) is 9.60. The Balaban J connectivity index is 4.41. The Morgan fingerprint density at radius 3 is 2.45 bits per heavy atom. The summed E-state index contributed by atoms with van der Waals surface area (Å²) in [6.07, 6.45) is 11.6. The van der Waals surface area contributed by atoms with E-state index in [0.717, 1.165) is 19.4 Å². The quantitative estimate of drug-likeness (QED) is 0.497. The number of carbonyl (C=O) groups is 1. The SMILES string of the molecule is C=CCN(CC(C)C(CC)CC/C=C\CC)C(=O)CC. The van der Waals surface area contributed by atoms with Crippen LogP contribution in [0.5, 0.6) is 0 Å².